The molecular weight excluding hydrogens is 436 g/mol. The van der Waals surface area contributed by atoms with Crippen LogP contribution in [-0.2, 0) is 9.84 Å². The van der Waals surface area contributed by atoms with Crippen LogP contribution in [0.2, 0.25) is 5.02 Å². The van der Waals surface area contributed by atoms with Crippen LogP contribution in [0.4, 0.5) is 0 Å². The van der Waals surface area contributed by atoms with Crippen LogP contribution < -0.4 is 0 Å². The van der Waals surface area contributed by atoms with Crippen molar-refractivity contribution in [2.75, 3.05) is 6.26 Å². The predicted octanol–water partition coefficient (Wildman–Crippen LogP) is 4.96. The normalized spacial score (nSPS) is 11.4. The van der Waals surface area contributed by atoms with Gasteiger partial charge in [0, 0.05) is 22.4 Å². The molecule has 0 atom stereocenters. The van der Waals surface area contributed by atoms with Crippen LogP contribution in [0.5, 0.6) is 0 Å². The molecule has 0 fully saturated rings. The topological polar surface area (TPSA) is 89.3 Å². The molecule has 0 amide bonds. The van der Waals surface area contributed by atoms with E-state index in [9.17, 15) is 18.3 Å². The zero-order chi connectivity index (χ0) is 22.2. The first-order valence-electron chi connectivity index (χ1n) is 9.23. The minimum Gasteiger partial charge on any atom is -0.478 e. The Balaban J connectivity index is 1.93. The van der Waals surface area contributed by atoms with Gasteiger partial charge >= 0.3 is 5.97 Å². The highest BCUT2D eigenvalue weighted by molar-refractivity contribution is 7.90. The molecule has 4 aromatic rings. The number of carboxylic acid groups (broad SMARTS) is 1. The van der Waals surface area contributed by atoms with E-state index in [1.165, 1.54) is 18.2 Å². The average molecular weight is 453 g/mol. The van der Waals surface area contributed by atoms with Crippen LogP contribution in [0.15, 0.2) is 83.8 Å². The molecule has 0 bridgehead atoms. The van der Waals surface area contributed by atoms with Gasteiger partial charge in [-0.1, -0.05) is 41.9 Å². The summed E-state index contributed by atoms with van der Waals surface area (Å²) in [6.07, 6.45) is 1.14. The highest BCUT2D eigenvalue weighted by Crippen LogP contribution is 2.31. The van der Waals surface area contributed by atoms with E-state index in [2.05, 4.69) is 5.10 Å². The number of carbonyl (C=O) groups is 1. The Labute approximate surface area is 184 Å². The van der Waals surface area contributed by atoms with E-state index in [1.54, 1.807) is 53.2 Å². The zero-order valence-corrected chi connectivity index (χ0v) is 17.9. The molecule has 1 N–H and O–H groups in total. The molecule has 0 aliphatic heterocycles. The van der Waals surface area contributed by atoms with Crippen LogP contribution >= 0.6 is 11.6 Å². The fraction of sp³-hybridized carbons (Fsp3) is 0.0435. The lowest BCUT2D eigenvalue weighted by Gasteiger charge is -2.10. The second-order valence-electron chi connectivity index (χ2n) is 6.95. The number of aromatic nitrogens is 2. The molecule has 0 saturated heterocycles. The number of rotatable bonds is 5. The highest BCUT2D eigenvalue weighted by Gasteiger charge is 2.19. The Hall–Kier alpha value is -3.42. The van der Waals surface area contributed by atoms with Crippen molar-refractivity contribution in [3.8, 4) is 28.2 Å². The van der Waals surface area contributed by atoms with Gasteiger partial charge in [0.2, 0.25) is 0 Å². The van der Waals surface area contributed by atoms with Gasteiger partial charge in [0.1, 0.15) is 0 Å². The van der Waals surface area contributed by atoms with Crippen LogP contribution in [0.1, 0.15) is 10.4 Å². The van der Waals surface area contributed by atoms with Gasteiger partial charge in [-0.05, 0) is 48.5 Å². The van der Waals surface area contributed by atoms with Crippen molar-refractivity contribution in [3.05, 3.63) is 89.4 Å². The maximum atomic E-state index is 11.8. The summed E-state index contributed by atoms with van der Waals surface area (Å²) >= 11 is 5.99. The molecule has 0 unspecified atom stereocenters. The summed E-state index contributed by atoms with van der Waals surface area (Å²) in [4.78, 5) is 12.0. The number of hydrogen-bond donors (Lipinski definition) is 1. The van der Waals surface area contributed by atoms with Gasteiger partial charge in [-0.15, -0.1) is 0 Å². The molecule has 8 heteroatoms. The summed E-state index contributed by atoms with van der Waals surface area (Å²) in [5, 5.41) is 14.9. The quantitative estimate of drug-likeness (QED) is 0.462. The van der Waals surface area contributed by atoms with E-state index in [0.717, 1.165) is 11.8 Å². The Kier molecular flexibility index (Phi) is 5.39. The second-order valence-corrected chi connectivity index (χ2v) is 9.40. The molecule has 0 saturated carbocycles. The Bertz CT molecular complexity index is 1380. The van der Waals surface area contributed by atoms with Crippen LogP contribution in [0.3, 0.4) is 0 Å². The lowest BCUT2D eigenvalue weighted by Crippen LogP contribution is -2.04. The van der Waals surface area contributed by atoms with Gasteiger partial charge < -0.3 is 5.11 Å². The van der Waals surface area contributed by atoms with Gasteiger partial charge in [0.15, 0.2) is 9.84 Å². The van der Waals surface area contributed by atoms with E-state index in [4.69, 9.17) is 11.6 Å². The van der Waals surface area contributed by atoms with Crippen LogP contribution in [0, 0.1) is 0 Å². The van der Waals surface area contributed by atoms with E-state index in [-0.39, 0.29) is 10.5 Å². The van der Waals surface area contributed by atoms with Crippen molar-refractivity contribution < 1.29 is 18.3 Å². The minimum atomic E-state index is -3.34. The average Bonchev–Trinajstić information content (AvgIpc) is 3.19. The third-order valence-electron chi connectivity index (χ3n) is 4.79. The molecule has 0 spiro atoms. The molecular formula is C23H17ClN2O4S. The van der Waals surface area contributed by atoms with Gasteiger partial charge in [-0.25, -0.2) is 17.9 Å². The minimum absolute atomic E-state index is 0.138. The number of nitrogens with zero attached hydrogens (tertiary/aromatic N) is 2. The lowest BCUT2D eigenvalue weighted by atomic mass is 10.0. The van der Waals surface area contributed by atoms with Crippen molar-refractivity contribution in [3.63, 3.8) is 0 Å². The Morgan fingerprint density at radius 2 is 1.61 bits per heavy atom. The van der Waals surface area contributed by atoms with Crippen LogP contribution in [0.25, 0.3) is 28.2 Å². The molecule has 156 valence electrons. The molecule has 0 aliphatic carbocycles. The number of aromatic carboxylic acids is 1. The third-order valence-corrected chi connectivity index (χ3v) is 6.17. The second kappa shape index (κ2) is 8.02. The predicted molar refractivity (Wildman–Crippen MR) is 120 cm³/mol. The molecule has 4 rings (SSSR count). The first-order valence-corrected chi connectivity index (χ1v) is 11.5. The van der Waals surface area contributed by atoms with Crippen molar-refractivity contribution in [2.24, 2.45) is 0 Å². The van der Waals surface area contributed by atoms with E-state index < -0.39 is 15.8 Å². The standard InChI is InChI=1S/C23H17ClN2O4S/c1-31(29,30)18-12-10-17(11-13-18)26-22(19-4-2-3-5-20(19)23(27)28)14-21(25-26)15-6-8-16(24)9-7-15/h2-14H,1H3,(H,27,28). The molecule has 31 heavy (non-hydrogen) atoms. The maximum absolute atomic E-state index is 11.8. The highest BCUT2D eigenvalue weighted by atomic mass is 35.5. The summed E-state index contributed by atoms with van der Waals surface area (Å²) in [7, 11) is -3.34. The summed E-state index contributed by atoms with van der Waals surface area (Å²) in [6, 6.07) is 21.9. The molecule has 0 aliphatic rings. The Morgan fingerprint density at radius 3 is 2.23 bits per heavy atom. The summed E-state index contributed by atoms with van der Waals surface area (Å²) in [6.45, 7) is 0. The lowest BCUT2D eigenvalue weighted by molar-refractivity contribution is 0.0697. The van der Waals surface area contributed by atoms with Crippen molar-refractivity contribution in [1.82, 2.24) is 9.78 Å². The number of sulfone groups is 1. The third kappa shape index (κ3) is 4.23. The monoisotopic (exact) mass is 452 g/mol. The smallest absolute Gasteiger partial charge is 0.336 e. The Morgan fingerprint density at radius 1 is 0.968 bits per heavy atom. The van der Waals surface area contributed by atoms with Crippen LogP contribution in [-0.4, -0.2) is 35.5 Å². The fourth-order valence-electron chi connectivity index (χ4n) is 3.26. The molecule has 1 aromatic heterocycles. The fourth-order valence-corrected chi connectivity index (χ4v) is 4.02. The van der Waals surface area contributed by atoms with Gasteiger partial charge in [0.05, 0.1) is 27.5 Å². The van der Waals surface area contributed by atoms with Gasteiger partial charge in [-0.3, -0.25) is 0 Å². The van der Waals surface area contributed by atoms with Crippen molar-refractivity contribution in [2.45, 2.75) is 4.90 Å². The van der Waals surface area contributed by atoms with Crippen molar-refractivity contribution in [1.29, 1.82) is 0 Å². The number of carboxylic acids is 1. The number of benzene rings is 3. The maximum Gasteiger partial charge on any atom is 0.336 e. The number of halogens is 1. The zero-order valence-electron chi connectivity index (χ0n) is 16.4. The largest absolute Gasteiger partial charge is 0.478 e. The molecule has 3 aromatic carbocycles. The first kappa shape index (κ1) is 20.8. The van der Waals surface area contributed by atoms with Gasteiger partial charge in [-0.2, -0.15) is 5.10 Å². The molecule has 1 heterocycles. The summed E-state index contributed by atoms with van der Waals surface area (Å²) in [5.74, 6) is -1.05. The molecule has 0 radical (unpaired) electrons. The molecule has 6 nitrogen and oxygen atoms in total. The van der Waals surface area contributed by atoms with Gasteiger partial charge in [0.25, 0.3) is 0 Å². The summed E-state index contributed by atoms with van der Waals surface area (Å²) in [5.41, 5.74) is 3.23. The van der Waals surface area contributed by atoms with Crippen molar-refractivity contribution >= 4 is 27.4 Å². The number of hydrogen-bond acceptors (Lipinski definition) is 4. The van der Waals surface area contributed by atoms with E-state index in [0.29, 0.717) is 27.7 Å². The SMILES string of the molecule is CS(=O)(=O)c1ccc(-n2nc(-c3ccc(Cl)cc3)cc2-c2ccccc2C(=O)O)cc1. The summed E-state index contributed by atoms with van der Waals surface area (Å²) < 4.78 is 25.2. The first-order chi connectivity index (χ1) is 14.7. The van der Waals surface area contributed by atoms with E-state index in [1.807, 2.05) is 12.1 Å². The van der Waals surface area contributed by atoms with E-state index >= 15 is 0 Å².